The van der Waals surface area contributed by atoms with Crippen molar-refractivity contribution in [2.75, 3.05) is 0 Å². The summed E-state index contributed by atoms with van der Waals surface area (Å²) in [4.78, 5) is 2.58. The largest absolute Gasteiger partial charge is 0.0901 e. The predicted molar refractivity (Wildman–Crippen MR) is 102 cm³/mol. The van der Waals surface area contributed by atoms with Crippen LogP contribution in [0, 0.1) is 26.0 Å². The summed E-state index contributed by atoms with van der Waals surface area (Å²) in [5.41, 5.74) is 5.20. The summed E-state index contributed by atoms with van der Waals surface area (Å²) in [5, 5.41) is 0. The second kappa shape index (κ2) is 6.36. The summed E-state index contributed by atoms with van der Waals surface area (Å²) in [6.07, 6.45) is 0. The molecule has 1 heteroatoms. The molecule has 0 aliphatic carbocycles. The van der Waals surface area contributed by atoms with E-state index < -0.39 is 0 Å². The molecule has 0 amide bonds. The Morgan fingerprint density at radius 3 is 1.30 bits per heavy atom. The van der Waals surface area contributed by atoms with Gasteiger partial charge in [-0.25, -0.2) is 0 Å². The number of hydrogen-bond acceptors (Lipinski definition) is 1. The van der Waals surface area contributed by atoms with Crippen LogP contribution in [0.4, 0.5) is 0 Å². The highest BCUT2D eigenvalue weighted by Crippen LogP contribution is 2.35. The third-order valence-electron chi connectivity index (χ3n) is 3.81. The van der Waals surface area contributed by atoms with Crippen LogP contribution in [-0.4, -0.2) is 0 Å². The fraction of sp³-hybridized carbons (Fsp3) is 0.455. The molecular weight excluding hydrogens is 296 g/mol. The van der Waals surface area contributed by atoms with Crippen molar-refractivity contribution in [3.05, 3.63) is 58.7 Å². The van der Waals surface area contributed by atoms with Gasteiger partial charge in [-0.3, -0.25) is 0 Å². The summed E-state index contributed by atoms with van der Waals surface area (Å²) in [5.74, 6) is 0. The first-order valence-corrected chi connectivity index (χ1v) is 9.03. The van der Waals surface area contributed by atoms with E-state index in [0.717, 1.165) is 0 Å². The van der Waals surface area contributed by atoms with Crippen molar-refractivity contribution in [1.29, 1.82) is 0 Å². The summed E-state index contributed by atoms with van der Waals surface area (Å²) in [6.45, 7) is 17.7. The highest BCUT2D eigenvalue weighted by Gasteiger charge is 2.17. The van der Waals surface area contributed by atoms with Gasteiger partial charge >= 0.3 is 0 Å². The maximum Gasteiger partial charge on any atom is 0.0128 e. The molecule has 0 unspecified atom stereocenters. The molecule has 0 bridgehead atoms. The number of aryl methyl sites for hydroxylation is 2. The van der Waals surface area contributed by atoms with Gasteiger partial charge in [0.15, 0.2) is 0 Å². The van der Waals surface area contributed by atoms with E-state index in [2.05, 4.69) is 91.8 Å². The Kier molecular flexibility index (Phi) is 5.01. The zero-order valence-electron chi connectivity index (χ0n) is 15.7. The zero-order chi connectivity index (χ0) is 17.4. The van der Waals surface area contributed by atoms with E-state index in [1.54, 1.807) is 0 Å². The predicted octanol–water partition coefficient (Wildman–Crippen LogP) is 6.65. The van der Waals surface area contributed by atoms with E-state index in [9.17, 15) is 0 Å². The van der Waals surface area contributed by atoms with Crippen LogP contribution in [0.25, 0.3) is 0 Å². The molecule has 0 atom stereocenters. The van der Waals surface area contributed by atoms with Gasteiger partial charge in [-0.2, -0.15) is 0 Å². The van der Waals surface area contributed by atoms with Gasteiger partial charge in [-0.1, -0.05) is 53.3 Å². The lowest BCUT2D eigenvalue weighted by atomic mass is 9.86. The number of rotatable bonds is 2. The first-order chi connectivity index (χ1) is 10.4. The lowest BCUT2D eigenvalue weighted by Gasteiger charge is -2.21. The van der Waals surface area contributed by atoms with Crippen LogP contribution < -0.4 is 0 Å². The van der Waals surface area contributed by atoms with Gasteiger partial charge in [0.1, 0.15) is 0 Å². The van der Waals surface area contributed by atoms with Gasteiger partial charge in [0.25, 0.3) is 0 Å². The molecule has 2 aromatic carbocycles. The van der Waals surface area contributed by atoms with Crippen LogP contribution in [0.15, 0.2) is 34.1 Å². The van der Waals surface area contributed by atoms with Gasteiger partial charge < -0.3 is 0 Å². The van der Waals surface area contributed by atoms with Gasteiger partial charge in [0.2, 0.25) is 0 Å². The Balaban J connectivity index is 2.40. The topological polar surface area (TPSA) is 0 Å². The van der Waals surface area contributed by atoms with Gasteiger partial charge in [0, 0.05) is 9.79 Å². The minimum absolute atomic E-state index is 0.123. The van der Waals surface area contributed by atoms with Gasteiger partial charge in [-0.15, -0.1) is 0 Å². The molecule has 122 valence electrons. The van der Waals surface area contributed by atoms with Crippen LogP contribution in [0.5, 0.6) is 0 Å². The minimum Gasteiger partial charge on any atom is -0.0901 e. The van der Waals surface area contributed by atoms with Crippen molar-refractivity contribution in [2.45, 2.75) is 76.0 Å². The summed E-state index contributed by atoms with van der Waals surface area (Å²) in [7, 11) is 0. The average Bonchev–Trinajstić information content (AvgIpc) is 2.35. The molecule has 2 aromatic rings. The van der Waals surface area contributed by atoms with E-state index in [1.165, 1.54) is 32.0 Å². The quantitative estimate of drug-likeness (QED) is 0.596. The standard InChI is InChI=1S/C22H28S/c1-15-9-17(21(3,4)5)13-19(11-15)23-20-12-16(2)10-18(14-20)22(6,7)8/h11-14H,1-8H3. The highest BCUT2D eigenvalue weighted by atomic mass is 32.2. The van der Waals surface area contributed by atoms with Crippen molar-refractivity contribution in [3.63, 3.8) is 0 Å². The van der Waals surface area contributed by atoms with Crippen LogP contribution in [-0.2, 0) is 10.8 Å². The fourth-order valence-electron chi connectivity index (χ4n) is 2.43. The summed E-state index contributed by atoms with van der Waals surface area (Å²) >= 11 is 1.84. The van der Waals surface area contributed by atoms with E-state index in [-0.39, 0.29) is 10.8 Å². The van der Waals surface area contributed by atoms with Gasteiger partial charge in [-0.05, 0) is 83.3 Å². The Labute approximate surface area is 146 Å². The van der Waals surface area contributed by atoms with Crippen molar-refractivity contribution in [2.24, 2.45) is 0 Å². The Morgan fingerprint density at radius 1 is 0.652 bits per heavy atom. The molecule has 2 radical (unpaired) electrons. The summed E-state index contributed by atoms with van der Waals surface area (Å²) in [6, 6.07) is 16.0. The molecule has 0 aliphatic heterocycles. The molecule has 0 aromatic heterocycles. The van der Waals surface area contributed by atoms with Crippen LogP contribution in [0.1, 0.15) is 63.8 Å². The van der Waals surface area contributed by atoms with Crippen molar-refractivity contribution in [1.82, 2.24) is 0 Å². The minimum atomic E-state index is 0.123. The molecule has 2 rings (SSSR count). The molecule has 0 saturated carbocycles. The van der Waals surface area contributed by atoms with E-state index in [1.807, 2.05) is 11.8 Å². The SMILES string of the molecule is Cc1[c]c(C(C)(C)C)cc(Sc2cc(C)[c]c(C(C)(C)C)c2)c1. The highest BCUT2D eigenvalue weighted by molar-refractivity contribution is 7.99. The molecule has 0 aliphatic rings. The molecule has 0 nitrogen and oxygen atoms in total. The smallest absolute Gasteiger partial charge is 0.0128 e. The van der Waals surface area contributed by atoms with E-state index in [0.29, 0.717) is 0 Å². The third kappa shape index (κ3) is 4.88. The van der Waals surface area contributed by atoms with Crippen molar-refractivity contribution in [3.8, 4) is 0 Å². The molecular formula is C22H28S. The normalized spacial score (nSPS) is 12.5. The average molecular weight is 325 g/mol. The molecule has 0 spiro atoms. The first-order valence-electron chi connectivity index (χ1n) is 8.22. The number of benzene rings is 2. The Hall–Kier alpha value is -1.21. The van der Waals surface area contributed by atoms with Gasteiger partial charge in [0.05, 0.1) is 0 Å². The van der Waals surface area contributed by atoms with Crippen LogP contribution in [0.2, 0.25) is 0 Å². The lowest BCUT2D eigenvalue weighted by Crippen LogP contribution is -2.12. The second-order valence-electron chi connectivity index (χ2n) is 8.43. The van der Waals surface area contributed by atoms with Crippen molar-refractivity contribution >= 4 is 11.8 Å². The third-order valence-corrected chi connectivity index (χ3v) is 4.75. The number of hydrogen-bond donors (Lipinski definition) is 0. The Morgan fingerprint density at radius 2 is 1.00 bits per heavy atom. The molecule has 0 saturated heterocycles. The maximum absolute atomic E-state index is 3.50. The fourth-order valence-corrected chi connectivity index (χ4v) is 3.52. The maximum atomic E-state index is 3.50. The Bertz CT molecular complexity index is 635. The molecule has 0 N–H and O–H groups in total. The van der Waals surface area contributed by atoms with Crippen LogP contribution >= 0.6 is 11.8 Å². The second-order valence-corrected chi connectivity index (χ2v) is 9.57. The van der Waals surface area contributed by atoms with E-state index in [4.69, 9.17) is 0 Å². The lowest BCUT2D eigenvalue weighted by molar-refractivity contribution is 0.587. The molecule has 23 heavy (non-hydrogen) atoms. The zero-order valence-corrected chi connectivity index (χ0v) is 16.5. The first kappa shape index (κ1) is 18.1. The van der Waals surface area contributed by atoms with Crippen molar-refractivity contribution < 1.29 is 0 Å². The summed E-state index contributed by atoms with van der Waals surface area (Å²) < 4.78 is 0. The molecule has 0 heterocycles. The monoisotopic (exact) mass is 324 g/mol. The van der Waals surface area contributed by atoms with Crippen LogP contribution in [0.3, 0.4) is 0 Å². The van der Waals surface area contributed by atoms with E-state index >= 15 is 0 Å². The molecule has 0 fully saturated rings.